The molecule has 1 unspecified atom stereocenters. The Morgan fingerprint density at radius 2 is 1.55 bits per heavy atom. The van der Waals surface area contributed by atoms with Crippen LogP contribution in [-0.2, 0) is 15.4 Å². The minimum absolute atomic E-state index is 0.247. The van der Waals surface area contributed by atoms with Crippen molar-refractivity contribution in [3.63, 3.8) is 0 Å². The van der Waals surface area contributed by atoms with Crippen LogP contribution >= 0.6 is 11.8 Å². The van der Waals surface area contributed by atoms with Gasteiger partial charge in [0.2, 0.25) is 21.0 Å². The molecular formula is C17H19OS2+. The number of hydrogen-bond donors (Lipinski definition) is 0. The van der Waals surface area contributed by atoms with Gasteiger partial charge >= 0.3 is 0 Å². The van der Waals surface area contributed by atoms with E-state index in [-0.39, 0.29) is 11.2 Å². The average molecular weight is 303 g/mol. The summed E-state index contributed by atoms with van der Waals surface area (Å²) < 4.78 is 6.40. The van der Waals surface area contributed by atoms with Gasteiger partial charge in [-0.3, -0.25) is 0 Å². The summed E-state index contributed by atoms with van der Waals surface area (Å²) in [5, 5.41) is 0. The first-order valence-electron chi connectivity index (χ1n) is 7.07. The highest BCUT2D eigenvalue weighted by atomic mass is 32.2. The predicted octanol–water partition coefficient (Wildman–Crippen LogP) is 5.31. The van der Waals surface area contributed by atoms with Crippen LogP contribution in [0.4, 0.5) is 0 Å². The predicted molar refractivity (Wildman–Crippen MR) is 86.4 cm³/mol. The smallest absolute Gasteiger partial charge is 0.159 e. The van der Waals surface area contributed by atoms with E-state index in [4.69, 9.17) is 4.18 Å². The van der Waals surface area contributed by atoms with Gasteiger partial charge in [-0.1, -0.05) is 49.4 Å². The molecule has 0 amide bonds. The maximum Gasteiger partial charge on any atom is 0.225 e. The minimum Gasteiger partial charge on any atom is -0.159 e. The van der Waals surface area contributed by atoms with Crippen molar-refractivity contribution in [1.82, 2.24) is 0 Å². The van der Waals surface area contributed by atoms with E-state index < -0.39 is 0 Å². The summed E-state index contributed by atoms with van der Waals surface area (Å²) in [4.78, 5) is 5.33. The SMILES string of the molecule is CCCC(C)O[S+]1c2ccccc2Sc2ccccc21. The molecule has 1 aliphatic heterocycles. The Bertz CT molecular complexity index is 552. The molecule has 0 fully saturated rings. The van der Waals surface area contributed by atoms with E-state index in [1.807, 2.05) is 11.8 Å². The molecule has 3 heteroatoms. The highest BCUT2D eigenvalue weighted by Gasteiger charge is 2.39. The van der Waals surface area contributed by atoms with Gasteiger partial charge in [-0.25, -0.2) is 0 Å². The third-order valence-corrected chi connectivity index (χ3v) is 6.72. The monoisotopic (exact) mass is 303 g/mol. The van der Waals surface area contributed by atoms with Gasteiger partial charge in [0, 0.05) is 0 Å². The molecule has 1 heterocycles. The first-order valence-corrected chi connectivity index (χ1v) is 9.03. The highest BCUT2D eigenvalue weighted by Crippen LogP contribution is 2.46. The van der Waals surface area contributed by atoms with Crippen LogP contribution in [-0.4, -0.2) is 6.10 Å². The van der Waals surface area contributed by atoms with E-state index in [9.17, 15) is 0 Å². The van der Waals surface area contributed by atoms with Crippen molar-refractivity contribution in [2.45, 2.75) is 52.4 Å². The Hall–Kier alpha value is -0.900. The van der Waals surface area contributed by atoms with Crippen molar-refractivity contribution in [2.75, 3.05) is 0 Å². The zero-order valence-corrected chi connectivity index (χ0v) is 13.5. The second-order valence-electron chi connectivity index (χ2n) is 4.96. The maximum absolute atomic E-state index is 6.40. The van der Waals surface area contributed by atoms with Gasteiger partial charge in [0.1, 0.15) is 6.10 Å². The molecule has 0 saturated heterocycles. The van der Waals surface area contributed by atoms with Gasteiger partial charge < -0.3 is 0 Å². The Morgan fingerprint density at radius 1 is 1.00 bits per heavy atom. The number of hydrogen-bond acceptors (Lipinski definition) is 2. The molecule has 0 radical (unpaired) electrons. The third-order valence-electron chi connectivity index (χ3n) is 3.27. The maximum atomic E-state index is 6.40. The van der Waals surface area contributed by atoms with Crippen LogP contribution in [0.5, 0.6) is 0 Å². The molecule has 0 aromatic heterocycles. The standard InChI is InChI=1S/C17H19OS2/c1-3-8-13(2)18-20-16-11-6-4-9-14(16)19-15-10-5-7-12-17(15)20/h4-7,9-13H,3,8H2,1-2H3/q+1. The summed E-state index contributed by atoms with van der Waals surface area (Å²) in [6.45, 7) is 4.39. The van der Waals surface area contributed by atoms with Gasteiger partial charge in [-0.15, -0.1) is 0 Å². The molecule has 20 heavy (non-hydrogen) atoms. The van der Waals surface area contributed by atoms with Crippen molar-refractivity contribution in [3.8, 4) is 0 Å². The van der Waals surface area contributed by atoms with Crippen LogP contribution in [0.25, 0.3) is 0 Å². The molecule has 2 aromatic carbocycles. The third kappa shape index (κ3) is 2.76. The zero-order valence-electron chi connectivity index (χ0n) is 11.8. The largest absolute Gasteiger partial charge is 0.225 e. The van der Waals surface area contributed by atoms with Gasteiger partial charge in [0.05, 0.1) is 9.79 Å². The summed E-state index contributed by atoms with van der Waals surface area (Å²) in [6.07, 6.45) is 2.57. The molecule has 2 aromatic rings. The van der Waals surface area contributed by atoms with Crippen molar-refractivity contribution < 1.29 is 4.18 Å². The van der Waals surface area contributed by atoms with Crippen molar-refractivity contribution in [2.24, 2.45) is 0 Å². The quantitative estimate of drug-likeness (QED) is 0.708. The zero-order chi connectivity index (χ0) is 13.9. The van der Waals surface area contributed by atoms with E-state index in [1.165, 1.54) is 19.6 Å². The molecule has 0 N–H and O–H groups in total. The summed E-state index contributed by atoms with van der Waals surface area (Å²) in [5.74, 6) is 0. The lowest BCUT2D eigenvalue weighted by molar-refractivity contribution is 0.239. The molecule has 1 atom stereocenters. The lowest BCUT2D eigenvalue weighted by Gasteiger charge is -2.19. The van der Waals surface area contributed by atoms with Gasteiger partial charge in [-0.05, 0) is 37.6 Å². The number of benzene rings is 2. The fourth-order valence-electron chi connectivity index (χ4n) is 2.33. The van der Waals surface area contributed by atoms with E-state index in [1.54, 1.807) is 0 Å². The second kappa shape index (κ2) is 6.25. The number of rotatable bonds is 4. The first kappa shape index (κ1) is 14.1. The molecule has 104 valence electrons. The summed E-state index contributed by atoms with van der Waals surface area (Å²) >= 11 is 1.61. The first-order chi connectivity index (χ1) is 9.79. The van der Waals surface area contributed by atoms with Gasteiger partial charge in [0.15, 0.2) is 0 Å². The molecule has 0 saturated carbocycles. The molecule has 3 rings (SSSR count). The molecule has 1 nitrogen and oxygen atoms in total. The van der Waals surface area contributed by atoms with E-state index in [0.717, 1.165) is 12.8 Å². The molecule has 0 spiro atoms. The Morgan fingerprint density at radius 3 is 2.10 bits per heavy atom. The van der Waals surface area contributed by atoms with Crippen molar-refractivity contribution in [3.05, 3.63) is 48.5 Å². The fraction of sp³-hybridized carbons (Fsp3) is 0.294. The Kier molecular flexibility index (Phi) is 4.39. The normalized spacial score (nSPS) is 15.5. The minimum atomic E-state index is -0.247. The van der Waals surface area contributed by atoms with Gasteiger partial charge in [-0.2, -0.15) is 4.18 Å². The van der Waals surface area contributed by atoms with Crippen LogP contribution in [0.1, 0.15) is 26.7 Å². The molecule has 1 aliphatic rings. The van der Waals surface area contributed by atoms with Gasteiger partial charge in [0.25, 0.3) is 0 Å². The van der Waals surface area contributed by atoms with Crippen LogP contribution in [0, 0.1) is 0 Å². The summed E-state index contributed by atoms with van der Waals surface area (Å²) in [7, 11) is 0. The van der Waals surface area contributed by atoms with E-state index >= 15 is 0 Å². The fourth-order valence-corrected chi connectivity index (χ4v) is 5.68. The van der Waals surface area contributed by atoms with E-state index in [0.29, 0.717) is 6.10 Å². The Balaban J connectivity index is 1.99. The van der Waals surface area contributed by atoms with Crippen LogP contribution < -0.4 is 0 Å². The lowest BCUT2D eigenvalue weighted by atomic mass is 10.2. The van der Waals surface area contributed by atoms with E-state index in [2.05, 4.69) is 62.4 Å². The van der Waals surface area contributed by atoms with Crippen LogP contribution in [0.2, 0.25) is 0 Å². The second-order valence-corrected chi connectivity index (χ2v) is 7.65. The van der Waals surface area contributed by atoms with Crippen molar-refractivity contribution in [1.29, 1.82) is 0 Å². The number of fused-ring (bicyclic) bond motifs is 2. The summed E-state index contributed by atoms with van der Waals surface area (Å²) in [6, 6.07) is 17.3. The Labute approximate surface area is 128 Å². The molecular weight excluding hydrogens is 284 g/mol. The lowest BCUT2D eigenvalue weighted by Crippen LogP contribution is -2.19. The highest BCUT2D eigenvalue weighted by molar-refractivity contribution is 8.02. The summed E-state index contributed by atoms with van der Waals surface area (Å²) in [5.41, 5.74) is 0. The van der Waals surface area contributed by atoms with Crippen LogP contribution in [0.3, 0.4) is 0 Å². The topological polar surface area (TPSA) is 9.23 Å². The van der Waals surface area contributed by atoms with Crippen molar-refractivity contribution >= 4 is 22.9 Å². The van der Waals surface area contributed by atoms with Crippen LogP contribution in [0.15, 0.2) is 68.1 Å². The molecule has 0 bridgehead atoms. The molecule has 0 aliphatic carbocycles. The average Bonchev–Trinajstić information content (AvgIpc) is 2.47.